The molecule has 14 heteroatoms. The van der Waals surface area contributed by atoms with Crippen LogP contribution in [0.5, 0.6) is 0 Å². The van der Waals surface area contributed by atoms with Gasteiger partial charge in [-0.2, -0.15) is 0 Å². The molecule has 1 unspecified atom stereocenters. The van der Waals surface area contributed by atoms with Crippen LogP contribution in [0.1, 0.15) is 54.9 Å². The number of allylic oxidation sites excluding steroid dienone is 11. The first-order valence-electron chi connectivity index (χ1n) is 19.6. The number of carbonyl (C=O) groups excluding carboxylic acids is 4. The molecule has 6 N–H and O–H groups in total. The Morgan fingerprint density at radius 3 is 2.29 bits per heavy atom. The van der Waals surface area contributed by atoms with Gasteiger partial charge in [0.15, 0.2) is 17.5 Å². The number of carbonyl (C=O) groups is 4. The molecule has 0 radical (unpaired) electrons. The minimum absolute atomic E-state index is 0.0804. The van der Waals surface area contributed by atoms with E-state index in [-0.39, 0.29) is 18.5 Å². The van der Waals surface area contributed by atoms with E-state index in [1.165, 1.54) is 44.3 Å². The third-order valence-electron chi connectivity index (χ3n) is 11.1. The first kappa shape index (κ1) is 48.3. The normalized spacial score (nSPS) is 32.7. The third kappa shape index (κ3) is 10.9. The van der Waals surface area contributed by atoms with Crippen LogP contribution in [0.15, 0.2) is 96.3 Å². The summed E-state index contributed by atoms with van der Waals surface area (Å²) in [7, 11) is 3.00. The van der Waals surface area contributed by atoms with Gasteiger partial charge in [-0.05, 0) is 44.4 Å². The standard InChI is InChI=1S/C44H62N2O12/c1-10-12-14-22-32-43(6,7)39(51)40(52)44(55,58-32)29(11-2)41(53)45-24-18-17-20-27(4)37(56-9)28(5)38-36(50)35(49)31(57-38)21-16-13-15-19-26(3)34(48)33-30(47)23-25-46(8)42(33)54/h10,12-23,25,28-29,31-33,35-40,49-52,55H,11,24H2,1-9H3,(H,45,53)/b12-10-,15-13+,18-17+,21-16+,22-14+,26-19+,27-20+/t28-,29-,31-,32+,33?,35+,36+,37-,38+,39+,40-,44-/m1/s1. The molecular weight excluding hydrogens is 748 g/mol. The summed E-state index contributed by atoms with van der Waals surface area (Å²) in [5.74, 6) is -7.66. The number of hydrogen-bond donors (Lipinski definition) is 6. The quantitative estimate of drug-likeness (QED) is 0.0711. The molecule has 12 atom stereocenters. The number of ketones is 2. The van der Waals surface area contributed by atoms with Crippen LogP contribution in [0, 0.1) is 23.2 Å². The van der Waals surface area contributed by atoms with Crippen LogP contribution in [0.4, 0.5) is 0 Å². The lowest BCUT2D eigenvalue weighted by atomic mass is 9.71. The van der Waals surface area contributed by atoms with Crippen LogP contribution in [0.2, 0.25) is 0 Å². The number of nitrogens with zero attached hydrogens (tertiary/aromatic N) is 1. The number of rotatable bonds is 17. The van der Waals surface area contributed by atoms with Crippen molar-refractivity contribution in [3.05, 3.63) is 96.3 Å². The Labute approximate surface area is 341 Å². The Balaban J connectivity index is 1.59. The van der Waals surface area contributed by atoms with Crippen molar-refractivity contribution in [2.45, 2.75) is 110 Å². The van der Waals surface area contributed by atoms with Crippen molar-refractivity contribution in [1.82, 2.24) is 10.2 Å². The number of aliphatic hydroxyl groups is 5. The minimum atomic E-state index is -2.35. The summed E-state index contributed by atoms with van der Waals surface area (Å²) in [6, 6.07) is 0. The molecule has 0 aromatic carbocycles. The Morgan fingerprint density at radius 1 is 0.983 bits per heavy atom. The van der Waals surface area contributed by atoms with E-state index >= 15 is 0 Å². The van der Waals surface area contributed by atoms with E-state index in [1.54, 1.807) is 81.5 Å². The van der Waals surface area contributed by atoms with Crippen molar-refractivity contribution < 1.29 is 58.9 Å². The Bertz CT molecular complexity index is 1720. The van der Waals surface area contributed by atoms with Gasteiger partial charge in [-0.1, -0.05) is 101 Å². The Hall–Kier alpha value is -4.12. The topological polar surface area (TPSA) is 212 Å². The van der Waals surface area contributed by atoms with Gasteiger partial charge in [0.1, 0.15) is 24.4 Å². The number of ether oxygens (including phenoxy) is 3. The minimum Gasteiger partial charge on any atom is -0.390 e. The van der Waals surface area contributed by atoms with Crippen molar-refractivity contribution in [1.29, 1.82) is 0 Å². The summed E-state index contributed by atoms with van der Waals surface area (Å²) in [4.78, 5) is 51.8. The molecular formula is C44H62N2O12. The lowest BCUT2D eigenvalue weighted by Crippen LogP contribution is -2.69. The maximum Gasteiger partial charge on any atom is 0.245 e. The second-order valence-corrected chi connectivity index (χ2v) is 15.6. The second-order valence-electron chi connectivity index (χ2n) is 15.6. The maximum atomic E-state index is 13.3. The fourth-order valence-electron chi connectivity index (χ4n) is 7.39. The van der Waals surface area contributed by atoms with Crippen LogP contribution in [0.25, 0.3) is 0 Å². The lowest BCUT2D eigenvalue weighted by Gasteiger charge is -2.53. The first-order chi connectivity index (χ1) is 27.3. The van der Waals surface area contributed by atoms with Gasteiger partial charge in [0.05, 0.1) is 30.3 Å². The molecule has 320 valence electrons. The van der Waals surface area contributed by atoms with Crippen molar-refractivity contribution in [2.75, 3.05) is 20.7 Å². The summed E-state index contributed by atoms with van der Waals surface area (Å²) < 4.78 is 17.8. The largest absolute Gasteiger partial charge is 0.390 e. The number of hydrogen-bond acceptors (Lipinski definition) is 12. The van der Waals surface area contributed by atoms with E-state index in [1.807, 2.05) is 26.8 Å². The summed E-state index contributed by atoms with van der Waals surface area (Å²) in [6.07, 6.45) is 14.1. The summed E-state index contributed by atoms with van der Waals surface area (Å²) in [6.45, 7) is 12.2. The third-order valence-corrected chi connectivity index (χ3v) is 11.1. The van der Waals surface area contributed by atoms with Crippen molar-refractivity contribution >= 4 is 23.4 Å². The second kappa shape index (κ2) is 21.2. The van der Waals surface area contributed by atoms with E-state index in [0.29, 0.717) is 0 Å². The molecule has 2 fully saturated rings. The van der Waals surface area contributed by atoms with Gasteiger partial charge in [-0.15, -0.1) is 0 Å². The van der Waals surface area contributed by atoms with Gasteiger partial charge in [0, 0.05) is 38.2 Å². The van der Waals surface area contributed by atoms with Crippen LogP contribution in [-0.2, 0) is 33.4 Å². The predicted molar refractivity (Wildman–Crippen MR) is 217 cm³/mol. The van der Waals surface area contributed by atoms with E-state index < -0.39 is 101 Å². The Kier molecular flexibility index (Phi) is 17.7. The molecule has 0 saturated carbocycles. The van der Waals surface area contributed by atoms with Gasteiger partial charge in [-0.3, -0.25) is 19.2 Å². The molecule has 0 aromatic heterocycles. The predicted octanol–water partition coefficient (Wildman–Crippen LogP) is 2.54. The highest BCUT2D eigenvalue weighted by atomic mass is 16.7. The van der Waals surface area contributed by atoms with E-state index in [2.05, 4.69) is 5.32 Å². The lowest BCUT2D eigenvalue weighted by molar-refractivity contribution is -0.359. The average molecular weight is 811 g/mol. The smallest absolute Gasteiger partial charge is 0.245 e. The molecule has 2 amide bonds. The molecule has 2 saturated heterocycles. The van der Waals surface area contributed by atoms with E-state index in [9.17, 15) is 44.7 Å². The number of Topliss-reactive ketones (excluding diaryl/α,β-unsaturated/α-hetero) is 1. The van der Waals surface area contributed by atoms with Crippen LogP contribution in [0.3, 0.4) is 0 Å². The molecule has 14 nitrogen and oxygen atoms in total. The first-order valence-corrected chi connectivity index (χ1v) is 19.6. The maximum absolute atomic E-state index is 13.3. The number of nitrogens with one attached hydrogen (secondary N) is 1. The van der Waals surface area contributed by atoms with Gasteiger partial charge in [0.25, 0.3) is 0 Å². The SMILES string of the molecule is C/C=C\C=C\[C@@H]1O[C@](O)([C@H](CC)C(=O)NC/C=C/C=C(\C)[C@@H](OC)[C@@H](C)[C@@H]2O[C@H](/C=C/C=C/C=C(\C)C(=O)C3C(=O)C=CN(C)C3=O)[C@H](O)[C@@H]2O)[C@H](O)[C@H](O)C1(C)C. The number of aliphatic hydroxyl groups excluding tert-OH is 4. The number of amides is 2. The van der Waals surface area contributed by atoms with Crippen LogP contribution in [-0.4, -0.2) is 129 Å². The molecule has 0 spiro atoms. The van der Waals surface area contributed by atoms with Crippen molar-refractivity contribution in [3.8, 4) is 0 Å². The zero-order valence-corrected chi connectivity index (χ0v) is 34.9. The van der Waals surface area contributed by atoms with E-state index in [4.69, 9.17) is 14.2 Å². The monoisotopic (exact) mass is 810 g/mol. The molecule has 3 heterocycles. The van der Waals surface area contributed by atoms with Gasteiger partial charge in [0.2, 0.25) is 17.6 Å². The van der Waals surface area contributed by atoms with Gasteiger partial charge in [-0.25, -0.2) is 0 Å². The summed E-state index contributed by atoms with van der Waals surface area (Å²) in [5, 5.41) is 57.9. The molecule has 3 aliphatic heterocycles. The highest BCUT2D eigenvalue weighted by Crippen LogP contribution is 2.44. The fourth-order valence-corrected chi connectivity index (χ4v) is 7.39. The summed E-state index contributed by atoms with van der Waals surface area (Å²) >= 11 is 0. The molecule has 0 aromatic rings. The highest BCUT2D eigenvalue weighted by Gasteiger charge is 2.60. The summed E-state index contributed by atoms with van der Waals surface area (Å²) in [5.41, 5.74) is 0.0391. The van der Waals surface area contributed by atoms with Crippen molar-refractivity contribution in [2.24, 2.45) is 23.2 Å². The number of methoxy groups -OCH3 is 1. The molecule has 3 rings (SSSR count). The van der Waals surface area contributed by atoms with Crippen LogP contribution < -0.4 is 5.32 Å². The molecule has 3 aliphatic rings. The van der Waals surface area contributed by atoms with Gasteiger partial charge >= 0.3 is 0 Å². The fraction of sp³-hybridized carbons (Fsp3) is 0.545. The molecule has 0 bridgehead atoms. The zero-order valence-electron chi connectivity index (χ0n) is 34.9. The highest BCUT2D eigenvalue weighted by molar-refractivity contribution is 6.27. The molecule has 0 aliphatic carbocycles. The van der Waals surface area contributed by atoms with E-state index in [0.717, 1.165) is 5.57 Å². The zero-order chi connectivity index (χ0) is 43.5. The molecule has 58 heavy (non-hydrogen) atoms. The van der Waals surface area contributed by atoms with Crippen molar-refractivity contribution in [3.63, 3.8) is 0 Å². The van der Waals surface area contributed by atoms with Crippen LogP contribution >= 0.6 is 0 Å². The Morgan fingerprint density at radius 2 is 1.66 bits per heavy atom. The van der Waals surface area contributed by atoms with Gasteiger partial charge < -0.3 is 50.0 Å². The average Bonchev–Trinajstić information content (AvgIpc) is 3.46.